The number of rotatable bonds is 2. The highest BCUT2D eigenvalue weighted by Crippen LogP contribution is 2.26. The van der Waals surface area contributed by atoms with Gasteiger partial charge in [0, 0.05) is 25.5 Å². The minimum Gasteiger partial charge on any atom is -0.469 e. The number of ether oxygens (including phenoxy) is 1. The van der Waals surface area contributed by atoms with Gasteiger partial charge in [0.05, 0.1) is 18.7 Å². The van der Waals surface area contributed by atoms with Crippen LogP contribution in [-0.4, -0.2) is 40.8 Å². The van der Waals surface area contributed by atoms with Gasteiger partial charge in [-0.2, -0.15) is 5.10 Å². The van der Waals surface area contributed by atoms with E-state index in [0.29, 0.717) is 6.54 Å². The maximum absolute atomic E-state index is 11.7. The molecule has 0 amide bonds. The third-order valence-corrected chi connectivity index (χ3v) is 3.75. The van der Waals surface area contributed by atoms with Gasteiger partial charge in [0.15, 0.2) is 5.82 Å². The Balaban J connectivity index is 1.92. The van der Waals surface area contributed by atoms with Crippen LogP contribution < -0.4 is 4.90 Å². The fraction of sp³-hybridized carbons (Fsp3) is 0.500. The lowest BCUT2D eigenvalue weighted by atomic mass is 9.98. The lowest BCUT2D eigenvalue weighted by Crippen LogP contribution is -2.39. The third kappa shape index (κ3) is 2.21. The number of methoxy groups -OCH3 is 1. The van der Waals surface area contributed by atoms with Gasteiger partial charge in [0.1, 0.15) is 5.52 Å². The summed E-state index contributed by atoms with van der Waals surface area (Å²) < 4.78 is 6.69. The number of nitrogens with zero attached hydrogens (tertiary/aromatic N) is 4. The van der Waals surface area contributed by atoms with E-state index < -0.39 is 0 Å². The van der Waals surface area contributed by atoms with E-state index >= 15 is 0 Å². The Morgan fingerprint density at radius 2 is 2.35 bits per heavy atom. The molecule has 1 saturated heterocycles. The van der Waals surface area contributed by atoms with Crippen LogP contribution in [0.5, 0.6) is 0 Å². The minimum absolute atomic E-state index is 0.0696. The Labute approximate surface area is 117 Å². The first-order valence-electron chi connectivity index (χ1n) is 6.83. The van der Waals surface area contributed by atoms with Crippen LogP contribution in [0.3, 0.4) is 0 Å². The number of anilines is 1. The number of aromatic nitrogens is 3. The van der Waals surface area contributed by atoms with Crippen LogP contribution in [0.25, 0.3) is 5.52 Å². The first kappa shape index (κ1) is 12.9. The van der Waals surface area contributed by atoms with Gasteiger partial charge in [-0.05, 0) is 25.8 Å². The van der Waals surface area contributed by atoms with E-state index in [9.17, 15) is 4.79 Å². The Kier molecular flexibility index (Phi) is 3.30. The van der Waals surface area contributed by atoms with Crippen molar-refractivity contribution in [1.82, 2.24) is 14.6 Å². The van der Waals surface area contributed by atoms with Crippen LogP contribution >= 0.6 is 0 Å². The van der Waals surface area contributed by atoms with Crippen LogP contribution in [0.2, 0.25) is 0 Å². The minimum atomic E-state index is -0.133. The second-order valence-corrected chi connectivity index (χ2v) is 5.17. The SMILES string of the molecule is COC(=O)C1CCCN(c2nccn3nc(C)cc23)C1. The smallest absolute Gasteiger partial charge is 0.310 e. The molecule has 6 nitrogen and oxygen atoms in total. The molecule has 1 atom stereocenters. The van der Waals surface area contributed by atoms with Crippen molar-refractivity contribution >= 4 is 17.3 Å². The topological polar surface area (TPSA) is 59.7 Å². The van der Waals surface area contributed by atoms with Crippen molar-refractivity contribution in [3.05, 3.63) is 24.2 Å². The number of fused-ring (bicyclic) bond motifs is 1. The quantitative estimate of drug-likeness (QED) is 0.775. The second-order valence-electron chi connectivity index (χ2n) is 5.17. The summed E-state index contributed by atoms with van der Waals surface area (Å²) in [6.45, 7) is 3.53. The predicted octanol–water partition coefficient (Wildman–Crippen LogP) is 1.43. The Hall–Kier alpha value is -2.11. The molecule has 1 aliphatic heterocycles. The fourth-order valence-electron chi connectivity index (χ4n) is 2.80. The number of esters is 1. The molecule has 1 unspecified atom stereocenters. The molecular weight excluding hydrogens is 256 g/mol. The van der Waals surface area contributed by atoms with Crippen molar-refractivity contribution < 1.29 is 9.53 Å². The van der Waals surface area contributed by atoms with E-state index in [2.05, 4.69) is 15.0 Å². The molecule has 0 bridgehead atoms. The van der Waals surface area contributed by atoms with E-state index in [0.717, 1.165) is 36.4 Å². The van der Waals surface area contributed by atoms with Gasteiger partial charge in [-0.3, -0.25) is 4.79 Å². The van der Waals surface area contributed by atoms with Gasteiger partial charge in [-0.1, -0.05) is 0 Å². The Morgan fingerprint density at radius 3 is 3.15 bits per heavy atom. The second kappa shape index (κ2) is 5.11. The lowest BCUT2D eigenvalue weighted by molar-refractivity contribution is -0.145. The number of piperidine rings is 1. The summed E-state index contributed by atoms with van der Waals surface area (Å²) in [7, 11) is 1.45. The average Bonchev–Trinajstić information content (AvgIpc) is 2.86. The van der Waals surface area contributed by atoms with Crippen molar-refractivity contribution in [3.8, 4) is 0 Å². The zero-order valence-corrected chi connectivity index (χ0v) is 11.7. The van der Waals surface area contributed by atoms with E-state index in [1.54, 1.807) is 6.20 Å². The molecule has 0 aliphatic carbocycles. The number of carbonyl (C=O) groups is 1. The van der Waals surface area contributed by atoms with Crippen molar-refractivity contribution in [2.45, 2.75) is 19.8 Å². The van der Waals surface area contributed by atoms with Crippen LogP contribution in [0.15, 0.2) is 18.5 Å². The molecule has 6 heteroatoms. The maximum Gasteiger partial charge on any atom is 0.310 e. The fourth-order valence-corrected chi connectivity index (χ4v) is 2.80. The number of hydrogen-bond acceptors (Lipinski definition) is 5. The number of hydrogen-bond donors (Lipinski definition) is 0. The molecule has 3 heterocycles. The van der Waals surface area contributed by atoms with Crippen molar-refractivity contribution in [2.24, 2.45) is 5.92 Å². The van der Waals surface area contributed by atoms with Crippen molar-refractivity contribution in [1.29, 1.82) is 0 Å². The summed E-state index contributed by atoms with van der Waals surface area (Å²) in [5, 5.41) is 4.40. The summed E-state index contributed by atoms with van der Waals surface area (Å²) in [5.41, 5.74) is 1.94. The summed E-state index contributed by atoms with van der Waals surface area (Å²) in [6.07, 6.45) is 5.43. The molecule has 106 valence electrons. The van der Waals surface area contributed by atoms with E-state index in [-0.39, 0.29) is 11.9 Å². The van der Waals surface area contributed by atoms with Gasteiger partial charge >= 0.3 is 5.97 Å². The maximum atomic E-state index is 11.7. The summed E-state index contributed by atoms with van der Waals surface area (Å²) in [4.78, 5) is 18.4. The van der Waals surface area contributed by atoms with E-state index in [4.69, 9.17) is 4.74 Å². The zero-order valence-electron chi connectivity index (χ0n) is 11.7. The highest BCUT2D eigenvalue weighted by atomic mass is 16.5. The Morgan fingerprint density at radius 1 is 1.50 bits per heavy atom. The van der Waals surface area contributed by atoms with Gasteiger partial charge in [0.2, 0.25) is 0 Å². The van der Waals surface area contributed by atoms with Gasteiger partial charge < -0.3 is 9.64 Å². The first-order valence-corrected chi connectivity index (χ1v) is 6.83. The molecular formula is C14H18N4O2. The van der Waals surface area contributed by atoms with Crippen LogP contribution in [0.4, 0.5) is 5.82 Å². The highest BCUT2D eigenvalue weighted by Gasteiger charge is 2.28. The largest absolute Gasteiger partial charge is 0.469 e. The predicted molar refractivity (Wildman–Crippen MR) is 74.7 cm³/mol. The number of aryl methyl sites for hydroxylation is 1. The third-order valence-electron chi connectivity index (χ3n) is 3.75. The molecule has 0 saturated carbocycles. The first-order chi connectivity index (χ1) is 9.69. The molecule has 3 rings (SSSR count). The molecule has 1 fully saturated rings. The van der Waals surface area contributed by atoms with E-state index in [1.807, 2.05) is 23.7 Å². The van der Waals surface area contributed by atoms with Gasteiger partial charge in [-0.15, -0.1) is 0 Å². The normalized spacial score (nSPS) is 19.3. The van der Waals surface area contributed by atoms with Crippen LogP contribution in [0, 0.1) is 12.8 Å². The molecule has 0 N–H and O–H groups in total. The lowest BCUT2D eigenvalue weighted by Gasteiger charge is -2.32. The molecule has 0 spiro atoms. The van der Waals surface area contributed by atoms with Crippen LogP contribution in [0.1, 0.15) is 18.5 Å². The molecule has 0 radical (unpaired) electrons. The molecule has 2 aromatic rings. The Bertz CT molecular complexity index is 637. The zero-order chi connectivity index (χ0) is 14.1. The van der Waals surface area contributed by atoms with E-state index in [1.165, 1.54) is 7.11 Å². The summed E-state index contributed by atoms with van der Waals surface area (Å²) in [5.74, 6) is 0.688. The van der Waals surface area contributed by atoms with Crippen molar-refractivity contribution in [2.75, 3.05) is 25.1 Å². The monoisotopic (exact) mass is 274 g/mol. The molecule has 1 aliphatic rings. The van der Waals surface area contributed by atoms with Crippen molar-refractivity contribution in [3.63, 3.8) is 0 Å². The summed E-state index contributed by atoms with van der Waals surface area (Å²) >= 11 is 0. The summed E-state index contributed by atoms with van der Waals surface area (Å²) in [6, 6.07) is 2.02. The standard InChI is InChI=1S/C14H18N4O2/c1-10-8-12-13(15-5-7-18(12)16-10)17-6-3-4-11(9-17)14(19)20-2/h5,7-8,11H,3-4,6,9H2,1-2H3. The van der Waals surface area contributed by atoms with Crippen LogP contribution in [-0.2, 0) is 9.53 Å². The molecule has 20 heavy (non-hydrogen) atoms. The average molecular weight is 274 g/mol. The van der Waals surface area contributed by atoms with Gasteiger partial charge in [-0.25, -0.2) is 9.50 Å². The molecule has 0 aromatic carbocycles. The molecule has 2 aromatic heterocycles. The van der Waals surface area contributed by atoms with Gasteiger partial charge in [0.25, 0.3) is 0 Å². The number of carbonyl (C=O) groups excluding carboxylic acids is 1. The highest BCUT2D eigenvalue weighted by molar-refractivity contribution is 5.75.